The summed E-state index contributed by atoms with van der Waals surface area (Å²) in [6.45, 7) is 6.01. The Morgan fingerprint density at radius 3 is 2.72 bits per heavy atom. The highest BCUT2D eigenvalue weighted by Gasteiger charge is 2.06. The molecule has 0 aliphatic carbocycles. The molecule has 0 heterocycles. The van der Waals surface area contributed by atoms with Crippen molar-refractivity contribution in [2.75, 3.05) is 13.2 Å². The van der Waals surface area contributed by atoms with Crippen molar-refractivity contribution in [3.63, 3.8) is 0 Å². The van der Waals surface area contributed by atoms with E-state index in [1.54, 1.807) is 0 Å². The molecule has 0 aromatic heterocycles. The Bertz CT molecular complexity index is 395. The first-order valence-corrected chi connectivity index (χ1v) is 5.90. The lowest BCUT2D eigenvalue weighted by Gasteiger charge is -2.12. The fraction of sp³-hybridized carbons (Fsp3) is 0.267. The molecule has 0 saturated carbocycles. The highest BCUT2D eigenvalue weighted by molar-refractivity contribution is 5.81. The van der Waals surface area contributed by atoms with Gasteiger partial charge >= 0.3 is 5.97 Å². The van der Waals surface area contributed by atoms with Gasteiger partial charge < -0.3 is 9.47 Å². The fourth-order valence-corrected chi connectivity index (χ4v) is 1.38. The molecule has 0 aliphatic rings. The summed E-state index contributed by atoms with van der Waals surface area (Å²) in [4.78, 5) is 11.0. The first kappa shape index (κ1) is 14.2. The minimum atomic E-state index is -0.437. The Morgan fingerprint density at radius 1 is 1.39 bits per heavy atom. The van der Waals surface area contributed by atoms with E-state index in [0.717, 1.165) is 11.6 Å². The number of rotatable bonds is 7. The number of ether oxygens (including phenoxy) is 2. The van der Waals surface area contributed by atoms with Crippen LogP contribution in [0.4, 0.5) is 0 Å². The summed E-state index contributed by atoms with van der Waals surface area (Å²) in [5.74, 6) is -0.437. The van der Waals surface area contributed by atoms with E-state index in [2.05, 4.69) is 6.58 Å². The number of carbonyl (C=O) groups is 1. The number of benzene rings is 1. The van der Waals surface area contributed by atoms with Crippen molar-refractivity contribution < 1.29 is 14.3 Å². The van der Waals surface area contributed by atoms with Crippen LogP contribution in [-0.4, -0.2) is 25.3 Å². The highest BCUT2D eigenvalue weighted by Crippen LogP contribution is 2.04. The maximum absolute atomic E-state index is 11.0. The SMILES string of the molecule is C=CC(=O)OCC(C=Cc1ccccc1)OCC. The van der Waals surface area contributed by atoms with Crippen molar-refractivity contribution in [2.45, 2.75) is 13.0 Å². The second-order valence-electron chi connectivity index (χ2n) is 3.60. The molecular formula is C15H18O3. The Labute approximate surface area is 108 Å². The summed E-state index contributed by atoms with van der Waals surface area (Å²) in [5, 5.41) is 0. The molecule has 96 valence electrons. The topological polar surface area (TPSA) is 35.5 Å². The quantitative estimate of drug-likeness (QED) is 0.548. The Kier molecular flexibility index (Phi) is 6.51. The third kappa shape index (κ3) is 5.46. The predicted molar refractivity (Wildman–Crippen MR) is 72.0 cm³/mol. The van der Waals surface area contributed by atoms with Crippen molar-refractivity contribution >= 4 is 12.0 Å². The zero-order chi connectivity index (χ0) is 13.2. The second-order valence-corrected chi connectivity index (χ2v) is 3.60. The van der Waals surface area contributed by atoms with Gasteiger partial charge in [0.1, 0.15) is 12.7 Å². The molecule has 1 atom stereocenters. The third-order valence-electron chi connectivity index (χ3n) is 2.24. The van der Waals surface area contributed by atoms with Gasteiger partial charge in [0.25, 0.3) is 0 Å². The van der Waals surface area contributed by atoms with Crippen LogP contribution in [0.5, 0.6) is 0 Å². The van der Waals surface area contributed by atoms with Gasteiger partial charge in [-0.15, -0.1) is 0 Å². The molecule has 0 N–H and O–H groups in total. The minimum absolute atomic E-state index is 0.196. The fourth-order valence-electron chi connectivity index (χ4n) is 1.38. The van der Waals surface area contributed by atoms with Crippen LogP contribution in [0, 0.1) is 0 Å². The summed E-state index contributed by atoms with van der Waals surface area (Å²) < 4.78 is 10.4. The smallest absolute Gasteiger partial charge is 0.330 e. The van der Waals surface area contributed by atoms with Gasteiger partial charge in [-0.2, -0.15) is 0 Å². The number of carbonyl (C=O) groups excluding carboxylic acids is 1. The third-order valence-corrected chi connectivity index (χ3v) is 2.24. The van der Waals surface area contributed by atoms with Crippen LogP contribution >= 0.6 is 0 Å². The van der Waals surface area contributed by atoms with E-state index < -0.39 is 5.97 Å². The van der Waals surface area contributed by atoms with Crippen LogP contribution < -0.4 is 0 Å². The summed E-state index contributed by atoms with van der Waals surface area (Å²) in [6, 6.07) is 9.88. The lowest BCUT2D eigenvalue weighted by Crippen LogP contribution is -2.19. The molecule has 0 aliphatic heterocycles. The first-order valence-electron chi connectivity index (χ1n) is 5.90. The van der Waals surface area contributed by atoms with Gasteiger partial charge in [0.15, 0.2) is 0 Å². The largest absolute Gasteiger partial charge is 0.459 e. The lowest BCUT2D eigenvalue weighted by molar-refractivity contribution is -0.140. The standard InChI is InChI=1S/C15H18O3/c1-3-15(16)18-12-14(17-4-2)11-10-13-8-6-5-7-9-13/h3,5-11,14H,1,4,12H2,2H3. The zero-order valence-corrected chi connectivity index (χ0v) is 10.5. The van der Waals surface area contributed by atoms with Crippen molar-refractivity contribution in [3.8, 4) is 0 Å². The Hall–Kier alpha value is -1.87. The summed E-state index contributed by atoms with van der Waals surface area (Å²) in [5.41, 5.74) is 1.08. The first-order chi connectivity index (χ1) is 8.76. The van der Waals surface area contributed by atoms with E-state index in [0.29, 0.717) is 6.61 Å². The number of esters is 1. The molecule has 1 aromatic carbocycles. The monoisotopic (exact) mass is 246 g/mol. The molecule has 0 fully saturated rings. The molecule has 0 radical (unpaired) electrons. The molecular weight excluding hydrogens is 228 g/mol. The van der Waals surface area contributed by atoms with Crippen LogP contribution in [0.25, 0.3) is 6.08 Å². The van der Waals surface area contributed by atoms with Gasteiger partial charge in [-0.25, -0.2) is 4.79 Å². The van der Waals surface area contributed by atoms with E-state index >= 15 is 0 Å². The minimum Gasteiger partial charge on any atom is -0.459 e. The molecule has 1 rings (SSSR count). The van der Waals surface area contributed by atoms with E-state index in [-0.39, 0.29) is 12.7 Å². The van der Waals surface area contributed by atoms with Crippen molar-refractivity contribution in [3.05, 3.63) is 54.6 Å². The van der Waals surface area contributed by atoms with Crippen molar-refractivity contribution in [2.24, 2.45) is 0 Å². The van der Waals surface area contributed by atoms with Crippen molar-refractivity contribution in [1.82, 2.24) is 0 Å². The van der Waals surface area contributed by atoms with Crippen molar-refractivity contribution in [1.29, 1.82) is 0 Å². The normalized spacial score (nSPS) is 12.3. The maximum Gasteiger partial charge on any atom is 0.330 e. The predicted octanol–water partition coefficient (Wildman–Crippen LogP) is 2.83. The molecule has 0 bridgehead atoms. The van der Waals surface area contributed by atoms with Crippen LogP contribution in [0.15, 0.2) is 49.1 Å². The van der Waals surface area contributed by atoms with Crippen LogP contribution in [0.3, 0.4) is 0 Å². The Morgan fingerprint density at radius 2 is 2.11 bits per heavy atom. The lowest BCUT2D eigenvalue weighted by atomic mass is 10.2. The highest BCUT2D eigenvalue weighted by atomic mass is 16.6. The van der Waals surface area contributed by atoms with Gasteiger partial charge in [0.05, 0.1) is 0 Å². The molecule has 0 saturated heterocycles. The summed E-state index contributed by atoms with van der Waals surface area (Å²) >= 11 is 0. The summed E-state index contributed by atoms with van der Waals surface area (Å²) in [6.07, 6.45) is 4.74. The second kappa shape index (κ2) is 8.25. The molecule has 1 aromatic rings. The average Bonchev–Trinajstić information content (AvgIpc) is 2.42. The molecule has 0 amide bonds. The van der Waals surface area contributed by atoms with Gasteiger partial charge in [0.2, 0.25) is 0 Å². The molecule has 18 heavy (non-hydrogen) atoms. The van der Waals surface area contributed by atoms with E-state index in [1.807, 2.05) is 49.4 Å². The van der Waals surface area contributed by atoms with E-state index in [9.17, 15) is 4.79 Å². The van der Waals surface area contributed by atoms with Gasteiger partial charge in [-0.3, -0.25) is 0 Å². The van der Waals surface area contributed by atoms with Crippen LogP contribution in [0.2, 0.25) is 0 Å². The Balaban J connectivity index is 2.54. The molecule has 3 nitrogen and oxygen atoms in total. The molecule has 1 unspecified atom stereocenters. The zero-order valence-electron chi connectivity index (χ0n) is 10.5. The van der Waals surface area contributed by atoms with E-state index in [4.69, 9.17) is 9.47 Å². The van der Waals surface area contributed by atoms with E-state index in [1.165, 1.54) is 0 Å². The van der Waals surface area contributed by atoms with Gasteiger partial charge in [0, 0.05) is 12.7 Å². The van der Waals surface area contributed by atoms with Crippen LogP contribution in [-0.2, 0) is 14.3 Å². The average molecular weight is 246 g/mol. The summed E-state index contributed by atoms with van der Waals surface area (Å²) in [7, 11) is 0. The number of hydrogen-bond acceptors (Lipinski definition) is 3. The maximum atomic E-state index is 11.0. The van der Waals surface area contributed by atoms with Gasteiger partial charge in [-0.05, 0) is 12.5 Å². The molecule has 0 spiro atoms. The molecule has 3 heteroatoms. The number of hydrogen-bond donors (Lipinski definition) is 0. The van der Waals surface area contributed by atoms with Gasteiger partial charge in [-0.1, -0.05) is 49.1 Å². The van der Waals surface area contributed by atoms with Crippen LogP contribution in [0.1, 0.15) is 12.5 Å².